The van der Waals surface area contributed by atoms with E-state index in [1.54, 1.807) is 0 Å². The minimum absolute atomic E-state index is 0.0516. The van der Waals surface area contributed by atoms with E-state index in [2.05, 4.69) is 67.9 Å². The smallest absolute Gasteiger partial charge is 0.119 e. The molecule has 0 saturated carbocycles. The molecule has 0 aliphatic rings. The monoisotopic (exact) mass is 307 g/mol. The number of aromatic hydroxyl groups is 1. The summed E-state index contributed by atoms with van der Waals surface area (Å²) < 4.78 is 2.31. The van der Waals surface area contributed by atoms with E-state index in [-0.39, 0.29) is 5.41 Å². The molecule has 0 amide bonds. The lowest BCUT2D eigenvalue weighted by atomic mass is 9.84. The van der Waals surface area contributed by atoms with Gasteiger partial charge in [-0.15, -0.1) is 0 Å². The number of hydrogen-bond acceptors (Lipinski definition) is 1. The van der Waals surface area contributed by atoms with Crippen molar-refractivity contribution < 1.29 is 5.11 Å². The normalized spacial score (nSPS) is 12.0. The fraction of sp³-hybridized carbons (Fsp3) is 0.333. The van der Waals surface area contributed by atoms with E-state index in [1.165, 1.54) is 16.5 Å². The van der Waals surface area contributed by atoms with Gasteiger partial charge in [-0.2, -0.15) is 0 Å². The lowest BCUT2D eigenvalue weighted by Crippen LogP contribution is -2.23. The molecule has 0 aliphatic heterocycles. The SMILES string of the molecule is CCCc1c(O)ccc2c1ccn2CC(C)(C)c1ccccc1. The Kier molecular flexibility index (Phi) is 4.16. The molecule has 3 aromatic rings. The first-order valence-corrected chi connectivity index (χ1v) is 8.38. The van der Waals surface area contributed by atoms with Crippen molar-refractivity contribution in [3.05, 3.63) is 65.9 Å². The highest BCUT2D eigenvalue weighted by molar-refractivity contribution is 5.86. The van der Waals surface area contributed by atoms with Crippen molar-refractivity contribution in [2.75, 3.05) is 0 Å². The van der Waals surface area contributed by atoms with Gasteiger partial charge in [-0.25, -0.2) is 0 Å². The Hall–Kier alpha value is -2.22. The van der Waals surface area contributed by atoms with Crippen molar-refractivity contribution in [2.24, 2.45) is 0 Å². The fourth-order valence-electron chi connectivity index (χ4n) is 3.38. The number of fused-ring (bicyclic) bond motifs is 1. The third-order valence-electron chi connectivity index (χ3n) is 4.66. The minimum atomic E-state index is 0.0516. The predicted molar refractivity (Wildman–Crippen MR) is 97.1 cm³/mol. The molecular formula is C21H25NO. The molecule has 23 heavy (non-hydrogen) atoms. The molecule has 0 bridgehead atoms. The third-order valence-corrected chi connectivity index (χ3v) is 4.66. The predicted octanol–water partition coefficient (Wildman–Crippen LogP) is 5.28. The summed E-state index contributed by atoms with van der Waals surface area (Å²) in [5.74, 6) is 0.416. The van der Waals surface area contributed by atoms with E-state index in [0.29, 0.717) is 5.75 Å². The van der Waals surface area contributed by atoms with Crippen LogP contribution in [0.2, 0.25) is 0 Å². The minimum Gasteiger partial charge on any atom is -0.508 e. The summed E-state index contributed by atoms with van der Waals surface area (Å²) in [7, 11) is 0. The summed E-state index contributed by atoms with van der Waals surface area (Å²) >= 11 is 0. The van der Waals surface area contributed by atoms with Gasteiger partial charge in [0, 0.05) is 34.6 Å². The molecule has 120 valence electrons. The second-order valence-corrected chi connectivity index (χ2v) is 6.94. The van der Waals surface area contributed by atoms with Crippen molar-refractivity contribution in [3.63, 3.8) is 0 Å². The van der Waals surface area contributed by atoms with Crippen LogP contribution in [0.25, 0.3) is 10.9 Å². The quantitative estimate of drug-likeness (QED) is 0.682. The van der Waals surface area contributed by atoms with Gasteiger partial charge in [0.1, 0.15) is 5.75 Å². The number of hydrogen-bond donors (Lipinski definition) is 1. The molecule has 2 nitrogen and oxygen atoms in total. The van der Waals surface area contributed by atoms with Gasteiger partial charge in [-0.1, -0.05) is 57.5 Å². The van der Waals surface area contributed by atoms with Crippen LogP contribution < -0.4 is 0 Å². The summed E-state index contributed by atoms with van der Waals surface area (Å²) in [5.41, 5.74) is 3.67. The molecule has 0 saturated heterocycles. The van der Waals surface area contributed by atoms with Gasteiger partial charge >= 0.3 is 0 Å². The Labute approximate surface area is 138 Å². The Morgan fingerprint density at radius 1 is 1.00 bits per heavy atom. The Morgan fingerprint density at radius 3 is 2.43 bits per heavy atom. The van der Waals surface area contributed by atoms with Gasteiger partial charge in [0.2, 0.25) is 0 Å². The maximum absolute atomic E-state index is 10.2. The summed E-state index contributed by atoms with van der Waals surface area (Å²) in [6, 6.07) is 16.7. The second kappa shape index (κ2) is 6.11. The van der Waals surface area contributed by atoms with Crippen LogP contribution in [0, 0.1) is 0 Å². The second-order valence-electron chi connectivity index (χ2n) is 6.94. The lowest BCUT2D eigenvalue weighted by molar-refractivity contribution is 0.442. The van der Waals surface area contributed by atoms with Crippen LogP contribution in [-0.2, 0) is 18.4 Å². The third kappa shape index (κ3) is 2.98. The van der Waals surface area contributed by atoms with Gasteiger partial charge in [0.15, 0.2) is 0 Å². The average Bonchev–Trinajstić information content (AvgIpc) is 2.93. The molecule has 1 aromatic heterocycles. The molecular weight excluding hydrogens is 282 g/mol. The first-order valence-electron chi connectivity index (χ1n) is 8.38. The maximum atomic E-state index is 10.2. The lowest BCUT2D eigenvalue weighted by Gasteiger charge is -2.26. The van der Waals surface area contributed by atoms with Crippen LogP contribution in [0.15, 0.2) is 54.7 Å². The van der Waals surface area contributed by atoms with E-state index in [1.807, 2.05) is 12.1 Å². The van der Waals surface area contributed by atoms with Gasteiger partial charge in [-0.05, 0) is 30.2 Å². The molecule has 0 spiro atoms. The zero-order valence-corrected chi connectivity index (χ0v) is 14.2. The highest BCUT2D eigenvalue weighted by Crippen LogP contribution is 2.32. The molecule has 1 heterocycles. The van der Waals surface area contributed by atoms with Crippen molar-refractivity contribution in [1.29, 1.82) is 0 Å². The van der Waals surface area contributed by atoms with Crippen LogP contribution in [0.3, 0.4) is 0 Å². The van der Waals surface area contributed by atoms with E-state index >= 15 is 0 Å². The van der Waals surface area contributed by atoms with Crippen LogP contribution in [0.5, 0.6) is 5.75 Å². The van der Waals surface area contributed by atoms with E-state index in [4.69, 9.17) is 0 Å². The number of rotatable bonds is 5. The highest BCUT2D eigenvalue weighted by Gasteiger charge is 2.22. The number of aryl methyl sites for hydroxylation is 1. The van der Waals surface area contributed by atoms with E-state index in [9.17, 15) is 5.11 Å². The first kappa shape index (κ1) is 15.7. The van der Waals surface area contributed by atoms with Crippen molar-refractivity contribution in [1.82, 2.24) is 4.57 Å². The zero-order chi connectivity index (χ0) is 16.4. The summed E-state index contributed by atoms with van der Waals surface area (Å²) in [4.78, 5) is 0. The Bertz CT molecular complexity index is 799. The Balaban J connectivity index is 2.00. The standard InChI is InChI=1S/C21H25NO/c1-4-8-18-17-13-14-22(19(17)11-12-20(18)23)15-21(2,3)16-9-6-5-7-10-16/h5-7,9-14,23H,4,8,15H2,1-3H3. The van der Waals surface area contributed by atoms with Crippen molar-refractivity contribution in [2.45, 2.75) is 45.6 Å². The van der Waals surface area contributed by atoms with Crippen LogP contribution >= 0.6 is 0 Å². The van der Waals surface area contributed by atoms with Crippen LogP contribution in [-0.4, -0.2) is 9.67 Å². The topological polar surface area (TPSA) is 25.2 Å². The van der Waals surface area contributed by atoms with Gasteiger partial charge in [-0.3, -0.25) is 0 Å². The number of benzene rings is 2. The summed E-state index contributed by atoms with van der Waals surface area (Å²) in [6.07, 6.45) is 4.09. The van der Waals surface area contributed by atoms with Gasteiger partial charge in [0.05, 0.1) is 0 Å². The molecule has 0 radical (unpaired) electrons. The molecule has 0 fully saturated rings. The molecule has 1 N–H and O–H groups in total. The maximum Gasteiger partial charge on any atom is 0.119 e. The van der Waals surface area contributed by atoms with E-state index < -0.39 is 0 Å². The molecule has 2 heteroatoms. The van der Waals surface area contributed by atoms with Crippen molar-refractivity contribution in [3.8, 4) is 5.75 Å². The summed E-state index contributed by atoms with van der Waals surface area (Å²) in [6.45, 7) is 7.62. The average molecular weight is 307 g/mol. The van der Waals surface area contributed by atoms with Crippen LogP contribution in [0.1, 0.15) is 38.3 Å². The van der Waals surface area contributed by atoms with Crippen LogP contribution in [0.4, 0.5) is 0 Å². The van der Waals surface area contributed by atoms with Gasteiger partial charge in [0.25, 0.3) is 0 Å². The summed E-state index contributed by atoms with van der Waals surface area (Å²) in [5, 5.41) is 11.3. The number of aromatic nitrogens is 1. The highest BCUT2D eigenvalue weighted by atomic mass is 16.3. The molecule has 2 aromatic carbocycles. The number of nitrogens with zero attached hydrogens (tertiary/aromatic N) is 1. The molecule has 0 atom stereocenters. The van der Waals surface area contributed by atoms with Gasteiger partial charge < -0.3 is 9.67 Å². The number of phenolic OH excluding ortho intramolecular Hbond substituents is 1. The molecule has 0 aliphatic carbocycles. The zero-order valence-electron chi connectivity index (χ0n) is 14.2. The largest absolute Gasteiger partial charge is 0.508 e. The first-order chi connectivity index (χ1) is 11.0. The van der Waals surface area contributed by atoms with E-state index in [0.717, 1.165) is 24.9 Å². The Morgan fingerprint density at radius 2 is 1.74 bits per heavy atom. The number of phenols is 1. The van der Waals surface area contributed by atoms with Crippen molar-refractivity contribution >= 4 is 10.9 Å². The molecule has 3 rings (SSSR count). The fourth-order valence-corrected chi connectivity index (χ4v) is 3.38. The molecule has 0 unspecified atom stereocenters.